The van der Waals surface area contributed by atoms with Crippen molar-refractivity contribution in [2.24, 2.45) is 0 Å². The van der Waals surface area contributed by atoms with Gasteiger partial charge in [-0.05, 0) is 48.0 Å². The first-order valence-corrected chi connectivity index (χ1v) is 7.66. The van der Waals surface area contributed by atoms with Gasteiger partial charge in [0.15, 0.2) is 0 Å². The van der Waals surface area contributed by atoms with Crippen molar-refractivity contribution in [2.45, 2.75) is 25.9 Å². The second-order valence-electron chi connectivity index (χ2n) is 5.23. The zero-order valence-electron chi connectivity index (χ0n) is 12.1. The van der Waals surface area contributed by atoms with E-state index in [1.165, 1.54) is 0 Å². The molecule has 5 nitrogen and oxygen atoms in total. The fourth-order valence-electron chi connectivity index (χ4n) is 2.30. The van der Waals surface area contributed by atoms with Crippen LogP contribution in [-0.4, -0.2) is 37.7 Å². The highest BCUT2D eigenvalue weighted by atomic mass is 79.9. The van der Waals surface area contributed by atoms with Gasteiger partial charge in [-0.2, -0.15) is 5.26 Å². The van der Waals surface area contributed by atoms with Crippen molar-refractivity contribution in [3.8, 4) is 6.07 Å². The molecule has 6 heteroatoms. The molecule has 1 aromatic rings. The second-order valence-corrected chi connectivity index (χ2v) is 6.08. The topological polar surface area (TPSA) is 65.4 Å². The molecule has 1 heterocycles. The third-order valence-corrected chi connectivity index (χ3v) is 3.88. The first-order valence-electron chi connectivity index (χ1n) is 6.87. The summed E-state index contributed by atoms with van der Waals surface area (Å²) in [6, 6.07) is 7.23. The average Bonchev–Trinajstić information content (AvgIpc) is 2.46. The first-order chi connectivity index (χ1) is 10.0. The fourth-order valence-corrected chi connectivity index (χ4v) is 2.91. The number of carbonyl (C=O) groups is 1. The summed E-state index contributed by atoms with van der Waals surface area (Å²) >= 11 is 3.49. The molecule has 0 bridgehead atoms. The van der Waals surface area contributed by atoms with E-state index in [-0.39, 0.29) is 18.0 Å². The minimum absolute atomic E-state index is 0.0408. The van der Waals surface area contributed by atoms with Crippen LogP contribution >= 0.6 is 15.9 Å². The Balaban J connectivity index is 2.26. The third kappa shape index (κ3) is 3.74. The maximum absolute atomic E-state index is 12.3. The minimum atomic E-state index is -0.356. The molecule has 1 saturated heterocycles. The molecule has 1 fully saturated rings. The monoisotopic (exact) mass is 351 g/mol. The van der Waals surface area contributed by atoms with Gasteiger partial charge >= 0.3 is 0 Å². The number of carbonyl (C=O) groups excluding carboxylic acids is 1. The number of hydrogen-bond acceptors (Lipinski definition) is 4. The van der Waals surface area contributed by atoms with Crippen LogP contribution in [0.25, 0.3) is 0 Å². The van der Waals surface area contributed by atoms with E-state index in [9.17, 15) is 4.79 Å². The van der Waals surface area contributed by atoms with Crippen LogP contribution in [0.3, 0.4) is 0 Å². The lowest BCUT2D eigenvalue weighted by Gasteiger charge is -2.37. The van der Waals surface area contributed by atoms with Gasteiger partial charge in [0.25, 0.3) is 0 Å². The number of halogens is 1. The maximum atomic E-state index is 12.3. The highest BCUT2D eigenvalue weighted by molar-refractivity contribution is 9.10. The molecule has 0 saturated carbocycles. The summed E-state index contributed by atoms with van der Waals surface area (Å²) in [5.41, 5.74) is 1.49. The molecule has 1 N–H and O–H groups in total. The predicted molar refractivity (Wildman–Crippen MR) is 84.1 cm³/mol. The minimum Gasteiger partial charge on any atom is -0.377 e. The fraction of sp³-hybridized carbons (Fsp3) is 0.467. The Morgan fingerprint density at radius 2 is 2.33 bits per heavy atom. The van der Waals surface area contributed by atoms with Crippen LogP contribution < -0.4 is 10.2 Å². The number of anilines is 1. The Morgan fingerprint density at radius 3 is 2.95 bits per heavy atom. The molecule has 1 aromatic carbocycles. The zero-order valence-corrected chi connectivity index (χ0v) is 13.7. The van der Waals surface area contributed by atoms with Crippen molar-refractivity contribution in [1.82, 2.24) is 5.32 Å². The number of benzene rings is 1. The summed E-state index contributed by atoms with van der Waals surface area (Å²) in [4.78, 5) is 14.3. The van der Waals surface area contributed by atoms with Crippen molar-refractivity contribution in [2.75, 3.05) is 24.7 Å². The quantitative estimate of drug-likeness (QED) is 0.904. The Morgan fingerprint density at radius 1 is 1.57 bits per heavy atom. The van der Waals surface area contributed by atoms with Gasteiger partial charge < -0.3 is 15.0 Å². The van der Waals surface area contributed by atoms with E-state index in [0.717, 1.165) is 10.2 Å². The molecule has 1 unspecified atom stereocenters. The lowest BCUT2D eigenvalue weighted by molar-refractivity contribution is -0.125. The molecule has 1 aliphatic rings. The van der Waals surface area contributed by atoms with E-state index in [1.54, 1.807) is 12.1 Å². The standard InChI is InChI=1S/C15H18BrN3O2/c1-10(2)18-15(20)14-9-21-6-5-19(14)13-4-3-11(8-17)7-12(13)16/h3-4,7,10,14H,5-6,9H2,1-2H3,(H,18,20). The van der Waals surface area contributed by atoms with E-state index in [4.69, 9.17) is 10.00 Å². The Hall–Kier alpha value is -1.58. The number of nitriles is 1. The van der Waals surface area contributed by atoms with Crippen molar-refractivity contribution in [1.29, 1.82) is 5.26 Å². The summed E-state index contributed by atoms with van der Waals surface area (Å²) in [5.74, 6) is -0.0408. The predicted octanol–water partition coefficient (Wildman–Crippen LogP) is 2.05. The molecule has 0 spiro atoms. The summed E-state index contributed by atoms with van der Waals surface area (Å²) in [5, 5.41) is 11.9. The van der Waals surface area contributed by atoms with Crippen LogP contribution in [0.5, 0.6) is 0 Å². The average molecular weight is 352 g/mol. The van der Waals surface area contributed by atoms with Gasteiger partial charge in [-0.25, -0.2) is 0 Å². The number of hydrogen-bond donors (Lipinski definition) is 1. The Kier molecular flexibility index (Phi) is 5.21. The summed E-state index contributed by atoms with van der Waals surface area (Å²) < 4.78 is 6.26. The third-order valence-electron chi connectivity index (χ3n) is 3.25. The normalized spacial score (nSPS) is 18.4. The van der Waals surface area contributed by atoms with Crippen LogP contribution in [-0.2, 0) is 9.53 Å². The number of nitrogens with zero attached hydrogens (tertiary/aromatic N) is 2. The molecular formula is C15H18BrN3O2. The number of rotatable bonds is 3. The Bertz CT molecular complexity index is 569. The van der Waals surface area contributed by atoms with Crippen LogP contribution in [0, 0.1) is 11.3 Å². The number of ether oxygens (including phenoxy) is 1. The number of morpholine rings is 1. The first kappa shape index (κ1) is 15.8. The molecule has 0 radical (unpaired) electrons. The summed E-state index contributed by atoms with van der Waals surface area (Å²) in [6.07, 6.45) is 0. The smallest absolute Gasteiger partial charge is 0.245 e. The van der Waals surface area contributed by atoms with Crippen LogP contribution in [0.15, 0.2) is 22.7 Å². The number of nitrogens with one attached hydrogen (secondary N) is 1. The molecule has 21 heavy (non-hydrogen) atoms. The lowest BCUT2D eigenvalue weighted by Crippen LogP contribution is -2.55. The van der Waals surface area contributed by atoms with E-state index in [1.807, 2.05) is 24.8 Å². The van der Waals surface area contributed by atoms with Crippen molar-refractivity contribution in [3.63, 3.8) is 0 Å². The number of amides is 1. The molecule has 1 amide bonds. The van der Waals surface area contributed by atoms with Gasteiger partial charge in [-0.1, -0.05) is 0 Å². The molecule has 1 atom stereocenters. The SMILES string of the molecule is CC(C)NC(=O)C1COCCN1c1ccc(C#N)cc1Br. The van der Waals surface area contributed by atoms with Crippen LogP contribution in [0.4, 0.5) is 5.69 Å². The summed E-state index contributed by atoms with van der Waals surface area (Å²) in [6.45, 7) is 5.46. The largest absolute Gasteiger partial charge is 0.377 e. The lowest BCUT2D eigenvalue weighted by atomic mass is 10.1. The molecule has 112 valence electrons. The molecule has 0 aromatic heterocycles. The highest BCUT2D eigenvalue weighted by Gasteiger charge is 2.30. The Labute approximate surface area is 133 Å². The highest BCUT2D eigenvalue weighted by Crippen LogP contribution is 2.30. The summed E-state index contributed by atoms with van der Waals surface area (Å²) in [7, 11) is 0. The van der Waals surface area contributed by atoms with Crippen molar-refractivity contribution < 1.29 is 9.53 Å². The van der Waals surface area contributed by atoms with Crippen molar-refractivity contribution >= 4 is 27.5 Å². The van der Waals surface area contributed by atoms with E-state index < -0.39 is 0 Å². The second kappa shape index (κ2) is 6.92. The van der Waals surface area contributed by atoms with Gasteiger partial charge in [-0.15, -0.1) is 0 Å². The zero-order chi connectivity index (χ0) is 15.4. The van der Waals surface area contributed by atoms with Gasteiger partial charge in [0.1, 0.15) is 6.04 Å². The van der Waals surface area contributed by atoms with Crippen LogP contribution in [0.1, 0.15) is 19.4 Å². The molecule has 0 aliphatic carbocycles. The van der Waals surface area contributed by atoms with E-state index in [2.05, 4.69) is 27.3 Å². The van der Waals surface area contributed by atoms with Crippen LogP contribution in [0.2, 0.25) is 0 Å². The molecule has 2 rings (SSSR count). The maximum Gasteiger partial charge on any atom is 0.245 e. The molecular weight excluding hydrogens is 334 g/mol. The van der Waals surface area contributed by atoms with Gasteiger partial charge in [0, 0.05) is 17.1 Å². The van der Waals surface area contributed by atoms with Crippen molar-refractivity contribution in [3.05, 3.63) is 28.2 Å². The van der Waals surface area contributed by atoms with Gasteiger partial charge in [0.2, 0.25) is 5.91 Å². The van der Waals surface area contributed by atoms with Gasteiger partial charge in [0.05, 0.1) is 30.5 Å². The van der Waals surface area contributed by atoms with E-state index >= 15 is 0 Å². The molecule has 1 aliphatic heterocycles. The van der Waals surface area contributed by atoms with E-state index in [0.29, 0.717) is 25.3 Å². The van der Waals surface area contributed by atoms with Gasteiger partial charge in [-0.3, -0.25) is 4.79 Å².